The highest BCUT2D eigenvalue weighted by atomic mass is 16.3. The number of aromatic hydroxyl groups is 1. The number of nitrogens with zero attached hydrogens (tertiary/aromatic N) is 2. The van der Waals surface area contributed by atoms with Crippen LogP contribution in [0.15, 0.2) is 24.3 Å². The van der Waals surface area contributed by atoms with E-state index in [1.807, 2.05) is 39.1 Å². The minimum Gasteiger partial charge on any atom is -0.507 e. The van der Waals surface area contributed by atoms with Gasteiger partial charge in [0.1, 0.15) is 5.75 Å². The number of rotatable bonds is 1. The first kappa shape index (κ1) is 9.77. The maximum atomic E-state index is 9.78. The van der Waals surface area contributed by atoms with E-state index in [1.54, 1.807) is 10.7 Å². The van der Waals surface area contributed by atoms with Crippen molar-refractivity contribution in [2.45, 2.75) is 13.8 Å². The van der Waals surface area contributed by atoms with Crippen LogP contribution in [0.25, 0.3) is 11.3 Å². The molecule has 0 radical (unpaired) electrons. The molecule has 3 nitrogen and oxygen atoms in total. The summed E-state index contributed by atoms with van der Waals surface area (Å²) in [5.41, 5.74) is 3.85. The Balaban J connectivity index is 2.62. The van der Waals surface area contributed by atoms with Crippen molar-refractivity contribution >= 4 is 0 Å². The van der Waals surface area contributed by atoms with Crippen LogP contribution in [0.5, 0.6) is 5.75 Å². The van der Waals surface area contributed by atoms with Crippen molar-refractivity contribution in [3.8, 4) is 17.0 Å². The molecule has 78 valence electrons. The topological polar surface area (TPSA) is 38.1 Å². The monoisotopic (exact) mass is 202 g/mol. The number of benzene rings is 1. The van der Waals surface area contributed by atoms with E-state index in [0.717, 1.165) is 22.5 Å². The molecule has 0 aliphatic rings. The first-order chi connectivity index (χ1) is 7.08. The quantitative estimate of drug-likeness (QED) is 0.771. The summed E-state index contributed by atoms with van der Waals surface area (Å²) in [5.74, 6) is 0.295. The molecule has 0 unspecified atom stereocenters. The smallest absolute Gasteiger partial charge is 0.124 e. The van der Waals surface area contributed by atoms with Gasteiger partial charge in [-0.05, 0) is 32.0 Å². The Hall–Kier alpha value is -1.77. The van der Waals surface area contributed by atoms with E-state index in [9.17, 15) is 5.11 Å². The number of aryl methyl sites for hydroxylation is 3. The van der Waals surface area contributed by atoms with Crippen molar-refractivity contribution in [1.29, 1.82) is 0 Å². The molecule has 1 heterocycles. The number of phenols is 1. The predicted molar refractivity (Wildman–Crippen MR) is 59.8 cm³/mol. The van der Waals surface area contributed by atoms with E-state index < -0.39 is 0 Å². The summed E-state index contributed by atoms with van der Waals surface area (Å²) in [5, 5.41) is 14.0. The average molecular weight is 202 g/mol. The molecule has 0 aliphatic heterocycles. The van der Waals surface area contributed by atoms with Gasteiger partial charge in [-0.3, -0.25) is 4.68 Å². The van der Waals surface area contributed by atoms with Crippen LogP contribution in [0, 0.1) is 13.8 Å². The summed E-state index contributed by atoms with van der Waals surface area (Å²) in [6.45, 7) is 3.95. The third-order valence-corrected chi connectivity index (χ3v) is 2.43. The number of hydrogen-bond donors (Lipinski definition) is 1. The van der Waals surface area contributed by atoms with Gasteiger partial charge in [-0.15, -0.1) is 0 Å². The summed E-state index contributed by atoms with van der Waals surface area (Å²) < 4.78 is 1.78. The van der Waals surface area contributed by atoms with E-state index in [1.165, 1.54) is 0 Å². The first-order valence-corrected chi connectivity index (χ1v) is 4.88. The molecule has 15 heavy (non-hydrogen) atoms. The molecule has 0 aliphatic carbocycles. The molecule has 2 rings (SSSR count). The lowest BCUT2D eigenvalue weighted by Crippen LogP contribution is -1.94. The summed E-state index contributed by atoms with van der Waals surface area (Å²) in [6, 6.07) is 7.54. The lowest BCUT2D eigenvalue weighted by molar-refractivity contribution is 0.476. The molecule has 0 bridgehead atoms. The molecule has 3 heteroatoms. The standard InChI is InChI=1S/C12H14N2O/c1-8-4-5-12(15)10(6-8)11-7-9(2)13-14(11)3/h4-7,15H,1-3H3. The minimum atomic E-state index is 0.295. The van der Waals surface area contributed by atoms with Crippen LogP contribution in [0.3, 0.4) is 0 Å². The predicted octanol–water partition coefficient (Wildman–Crippen LogP) is 2.41. The van der Waals surface area contributed by atoms with Crippen LogP contribution in [0.4, 0.5) is 0 Å². The zero-order valence-corrected chi connectivity index (χ0v) is 9.15. The molecule has 2 aromatic rings. The Bertz CT molecular complexity index is 500. The second kappa shape index (κ2) is 3.42. The second-order valence-electron chi connectivity index (χ2n) is 3.82. The second-order valence-corrected chi connectivity index (χ2v) is 3.82. The Kier molecular flexibility index (Phi) is 2.23. The maximum Gasteiger partial charge on any atom is 0.124 e. The Morgan fingerprint density at radius 2 is 1.93 bits per heavy atom. The van der Waals surface area contributed by atoms with Gasteiger partial charge in [-0.25, -0.2) is 0 Å². The van der Waals surface area contributed by atoms with Crippen LogP contribution in [0.1, 0.15) is 11.3 Å². The Labute approximate surface area is 89.0 Å². The van der Waals surface area contributed by atoms with E-state index in [4.69, 9.17) is 0 Å². The first-order valence-electron chi connectivity index (χ1n) is 4.88. The molecule has 0 atom stereocenters. The summed E-state index contributed by atoms with van der Waals surface area (Å²) in [7, 11) is 1.88. The fourth-order valence-corrected chi connectivity index (χ4v) is 1.72. The van der Waals surface area contributed by atoms with Crippen molar-refractivity contribution < 1.29 is 5.11 Å². The zero-order valence-electron chi connectivity index (χ0n) is 9.15. The molecular weight excluding hydrogens is 188 g/mol. The van der Waals surface area contributed by atoms with Gasteiger partial charge in [0, 0.05) is 12.6 Å². The van der Waals surface area contributed by atoms with E-state index >= 15 is 0 Å². The normalized spacial score (nSPS) is 10.6. The van der Waals surface area contributed by atoms with Gasteiger partial charge < -0.3 is 5.11 Å². The molecule has 0 fully saturated rings. The summed E-state index contributed by atoms with van der Waals surface area (Å²) >= 11 is 0. The molecule has 1 aromatic carbocycles. The van der Waals surface area contributed by atoms with Crippen LogP contribution in [-0.4, -0.2) is 14.9 Å². The summed E-state index contributed by atoms with van der Waals surface area (Å²) in [6.07, 6.45) is 0. The molecule has 1 N–H and O–H groups in total. The Morgan fingerprint density at radius 1 is 1.20 bits per heavy atom. The molecule has 0 spiro atoms. The molecular formula is C12H14N2O. The van der Waals surface area contributed by atoms with Crippen LogP contribution >= 0.6 is 0 Å². The van der Waals surface area contributed by atoms with Crippen molar-refractivity contribution in [2.24, 2.45) is 7.05 Å². The molecule has 0 saturated heterocycles. The number of aromatic nitrogens is 2. The van der Waals surface area contributed by atoms with Gasteiger partial charge in [0.05, 0.1) is 11.4 Å². The van der Waals surface area contributed by atoms with Gasteiger partial charge >= 0.3 is 0 Å². The van der Waals surface area contributed by atoms with Gasteiger partial charge in [0.2, 0.25) is 0 Å². The zero-order chi connectivity index (χ0) is 11.0. The van der Waals surface area contributed by atoms with Gasteiger partial charge in [0.15, 0.2) is 0 Å². The maximum absolute atomic E-state index is 9.78. The third-order valence-electron chi connectivity index (χ3n) is 2.43. The Morgan fingerprint density at radius 3 is 2.53 bits per heavy atom. The lowest BCUT2D eigenvalue weighted by atomic mass is 10.1. The SMILES string of the molecule is Cc1ccc(O)c(-c2cc(C)nn2C)c1. The highest BCUT2D eigenvalue weighted by molar-refractivity contribution is 5.68. The van der Waals surface area contributed by atoms with Crippen LogP contribution in [-0.2, 0) is 7.05 Å². The van der Waals surface area contributed by atoms with Crippen LogP contribution in [0.2, 0.25) is 0 Å². The number of phenolic OH excluding ortho intramolecular Hbond substituents is 1. The van der Waals surface area contributed by atoms with Crippen molar-refractivity contribution in [3.63, 3.8) is 0 Å². The summed E-state index contributed by atoms with van der Waals surface area (Å²) in [4.78, 5) is 0. The molecule has 0 amide bonds. The fraction of sp³-hybridized carbons (Fsp3) is 0.250. The van der Waals surface area contributed by atoms with E-state index in [-0.39, 0.29) is 0 Å². The van der Waals surface area contributed by atoms with Gasteiger partial charge in [0.25, 0.3) is 0 Å². The number of hydrogen-bond acceptors (Lipinski definition) is 2. The average Bonchev–Trinajstić information content (AvgIpc) is 2.50. The van der Waals surface area contributed by atoms with Crippen molar-refractivity contribution in [2.75, 3.05) is 0 Å². The minimum absolute atomic E-state index is 0.295. The van der Waals surface area contributed by atoms with E-state index in [0.29, 0.717) is 5.75 Å². The van der Waals surface area contributed by atoms with Crippen molar-refractivity contribution in [1.82, 2.24) is 9.78 Å². The van der Waals surface area contributed by atoms with Gasteiger partial charge in [-0.2, -0.15) is 5.10 Å². The van der Waals surface area contributed by atoms with Crippen LogP contribution < -0.4 is 0 Å². The largest absolute Gasteiger partial charge is 0.507 e. The highest BCUT2D eigenvalue weighted by Crippen LogP contribution is 2.29. The van der Waals surface area contributed by atoms with E-state index in [2.05, 4.69) is 5.10 Å². The molecule has 0 saturated carbocycles. The van der Waals surface area contributed by atoms with Crippen molar-refractivity contribution in [3.05, 3.63) is 35.5 Å². The van der Waals surface area contributed by atoms with Gasteiger partial charge in [-0.1, -0.05) is 11.6 Å². The fourth-order valence-electron chi connectivity index (χ4n) is 1.72. The lowest BCUT2D eigenvalue weighted by Gasteiger charge is -2.05. The third kappa shape index (κ3) is 1.73. The highest BCUT2D eigenvalue weighted by Gasteiger charge is 2.09. The molecule has 1 aromatic heterocycles.